The van der Waals surface area contributed by atoms with Gasteiger partial charge in [0.05, 0.1) is 34.2 Å². The molecule has 2 aromatic heterocycles. The first-order valence-corrected chi connectivity index (χ1v) is 13.6. The number of aromatic amines is 1. The average Bonchev–Trinajstić information content (AvgIpc) is 3.40. The number of nitrogens with one attached hydrogen (secondary N) is 2. The number of imidazole rings is 1. The fourth-order valence-electron chi connectivity index (χ4n) is 4.44. The molecule has 39 heavy (non-hydrogen) atoms. The van der Waals surface area contributed by atoms with Gasteiger partial charge in [0.2, 0.25) is 0 Å². The molecule has 192 valence electrons. The maximum atomic E-state index is 13.7. The zero-order valence-electron chi connectivity index (χ0n) is 21.0. The fourth-order valence-corrected chi connectivity index (χ4v) is 5.31. The Morgan fingerprint density at radius 1 is 0.821 bits per heavy atom. The summed E-state index contributed by atoms with van der Waals surface area (Å²) in [6, 6.07) is 32.5. The number of thioether (sulfide) groups is 1. The molecule has 1 amide bonds. The number of benzene rings is 4. The first kappa shape index (κ1) is 24.6. The quantitative estimate of drug-likeness (QED) is 0.199. The standard InChI is InChI=1S/C31H25N5O2S/c37-29(32-18-21-9-3-1-4-10-21)23-15-16-24-27(17-23)35-31(36(30(24)38)19-22-11-5-2-6-12-22)39-20-28-33-25-13-7-8-14-26(25)34-28/h1-17H,18-20H2,(H,32,37)(H,33,34). The van der Waals surface area contributed by atoms with E-state index in [9.17, 15) is 9.59 Å². The lowest BCUT2D eigenvalue weighted by atomic mass is 10.1. The maximum Gasteiger partial charge on any atom is 0.262 e. The number of rotatable bonds is 8. The van der Waals surface area contributed by atoms with Gasteiger partial charge >= 0.3 is 0 Å². The van der Waals surface area contributed by atoms with Crippen LogP contribution in [0.1, 0.15) is 27.3 Å². The molecule has 0 unspecified atom stereocenters. The molecule has 0 aliphatic carbocycles. The van der Waals surface area contributed by atoms with Crippen LogP contribution in [-0.2, 0) is 18.8 Å². The minimum absolute atomic E-state index is 0.146. The van der Waals surface area contributed by atoms with E-state index in [1.54, 1.807) is 22.8 Å². The third kappa shape index (κ3) is 5.46. The van der Waals surface area contributed by atoms with Gasteiger partial charge in [-0.25, -0.2) is 9.97 Å². The van der Waals surface area contributed by atoms with Gasteiger partial charge in [-0.2, -0.15) is 0 Å². The summed E-state index contributed by atoms with van der Waals surface area (Å²) >= 11 is 1.44. The van der Waals surface area contributed by atoms with Crippen molar-refractivity contribution in [1.82, 2.24) is 24.8 Å². The molecular weight excluding hydrogens is 506 g/mol. The molecule has 0 aliphatic rings. The van der Waals surface area contributed by atoms with Gasteiger partial charge in [0, 0.05) is 12.1 Å². The number of carbonyl (C=O) groups excluding carboxylic acids is 1. The third-order valence-electron chi connectivity index (χ3n) is 6.44. The molecule has 0 atom stereocenters. The number of nitrogens with zero attached hydrogens (tertiary/aromatic N) is 3. The molecule has 8 heteroatoms. The lowest BCUT2D eigenvalue weighted by Crippen LogP contribution is -2.25. The van der Waals surface area contributed by atoms with Crippen molar-refractivity contribution in [2.24, 2.45) is 0 Å². The molecule has 0 saturated carbocycles. The number of H-pyrrole nitrogens is 1. The Balaban J connectivity index is 1.33. The van der Waals surface area contributed by atoms with E-state index in [1.807, 2.05) is 84.9 Å². The van der Waals surface area contributed by atoms with Crippen LogP contribution in [0.25, 0.3) is 21.9 Å². The Morgan fingerprint density at radius 3 is 2.31 bits per heavy atom. The Labute approximate surface area is 228 Å². The van der Waals surface area contributed by atoms with E-state index in [1.165, 1.54) is 11.8 Å². The summed E-state index contributed by atoms with van der Waals surface area (Å²) in [5, 5.41) is 3.98. The normalized spacial score (nSPS) is 11.2. The van der Waals surface area contributed by atoms with Crippen molar-refractivity contribution in [1.29, 1.82) is 0 Å². The number of amides is 1. The number of carbonyl (C=O) groups is 1. The Hall–Kier alpha value is -4.69. The number of fused-ring (bicyclic) bond motifs is 2. The zero-order valence-corrected chi connectivity index (χ0v) is 21.8. The van der Waals surface area contributed by atoms with Gasteiger partial charge in [-0.15, -0.1) is 0 Å². The molecule has 6 rings (SSSR count). The van der Waals surface area contributed by atoms with Crippen LogP contribution in [0.4, 0.5) is 0 Å². The molecule has 0 spiro atoms. The fraction of sp³-hybridized carbons (Fsp3) is 0.0968. The van der Waals surface area contributed by atoms with E-state index >= 15 is 0 Å². The zero-order chi connectivity index (χ0) is 26.6. The number of aromatic nitrogens is 4. The molecule has 0 aliphatic heterocycles. The Morgan fingerprint density at radius 2 is 1.54 bits per heavy atom. The molecule has 0 bridgehead atoms. The van der Waals surface area contributed by atoms with Crippen molar-refractivity contribution < 1.29 is 4.79 Å². The van der Waals surface area contributed by atoms with Gasteiger partial charge in [-0.3, -0.25) is 14.2 Å². The summed E-state index contributed by atoms with van der Waals surface area (Å²) in [5.74, 6) is 1.10. The highest BCUT2D eigenvalue weighted by molar-refractivity contribution is 7.98. The van der Waals surface area contributed by atoms with E-state index in [0.717, 1.165) is 28.0 Å². The van der Waals surface area contributed by atoms with Crippen molar-refractivity contribution in [3.63, 3.8) is 0 Å². The molecule has 4 aromatic carbocycles. The molecule has 0 radical (unpaired) electrons. The van der Waals surface area contributed by atoms with Crippen LogP contribution in [0.2, 0.25) is 0 Å². The predicted molar refractivity (Wildman–Crippen MR) is 155 cm³/mol. The SMILES string of the molecule is O=C(NCc1ccccc1)c1ccc2c(=O)n(Cc3ccccc3)c(SCc3nc4ccccc4[nH]3)nc2c1. The summed E-state index contributed by atoms with van der Waals surface area (Å²) in [6.07, 6.45) is 0. The van der Waals surface area contributed by atoms with Crippen LogP contribution >= 0.6 is 11.8 Å². The summed E-state index contributed by atoms with van der Waals surface area (Å²) in [6.45, 7) is 0.812. The monoisotopic (exact) mass is 531 g/mol. The molecule has 0 fully saturated rings. The second-order valence-electron chi connectivity index (χ2n) is 9.16. The molecule has 6 aromatic rings. The predicted octanol–water partition coefficient (Wildman–Crippen LogP) is 5.54. The van der Waals surface area contributed by atoms with Crippen LogP contribution < -0.4 is 10.9 Å². The van der Waals surface area contributed by atoms with E-state index in [2.05, 4.69) is 15.3 Å². The van der Waals surface area contributed by atoms with Gasteiger partial charge in [0.15, 0.2) is 5.16 Å². The van der Waals surface area contributed by atoms with Gasteiger partial charge in [0.25, 0.3) is 11.5 Å². The molecule has 0 saturated heterocycles. The largest absolute Gasteiger partial charge is 0.348 e. The first-order chi connectivity index (χ1) is 19.1. The highest BCUT2D eigenvalue weighted by Gasteiger charge is 2.16. The minimum Gasteiger partial charge on any atom is -0.348 e. The molecular formula is C31H25N5O2S. The summed E-state index contributed by atoms with van der Waals surface area (Å²) in [7, 11) is 0. The van der Waals surface area contributed by atoms with Crippen LogP contribution in [0.3, 0.4) is 0 Å². The third-order valence-corrected chi connectivity index (χ3v) is 7.43. The van der Waals surface area contributed by atoms with Gasteiger partial charge in [-0.1, -0.05) is 84.6 Å². The van der Waals surface area contributed by atoms with E-state index in [4.69, 9.17) is 4.98 Å². The average molecular weight is 532 g/mol. The van der Waals surface area contributed by atoms with Crippen molar-refractivity contribution in [2.75, 3.05) is 0 Å². The lowest BCUT2D eigenvalue weighted by molar-refractivity contribution is 0.0951. The molecule has 7 nitrogen and oxygen atoms in total. The summed E-state index contributed by atoms with van der Waals surface area (Å²) < 4.78 is 1.69. The lowest BCUT2D eigenvalue weighted by Gasteiger charge is -2.14. The highest BCUT2D eigenvalue weighted by atomic mass is 32.2. The van der Waals surface area contributed by atoms with Crippen molar-refractivity contribution in [2.45, 2.75) is 24.0 Å². The summed E-state index contributed by atoms with van der Waals surface area (Å²) in [5.41, 5.74) is 4.68. The Kier molecular flexibility index (Phi) is 6.93. The van der Waals surface area contributed by atoms with Gasteiger partial charge < -0.3 is 10.3 Å². The van der Waals surface area contributed by atoms with Crippen LogP contribution in [-0.4, -0.2) is 25.4 Å². The van der Waals surface area contributed by atoms with Gasteiger partial charge in [-0.05, 0) is 41.5 Å². The van der Waals surface area contributed by atoms with Crippen molar-refractivity contribution >= 4 is 39.6 Å². The van der Waals surface area contributed by atoms with Gasteiger partial charge in [0.1, 0.15) is 5.82 Å². The molecule has 2 heterocycles. The van der Waals surface area contributed by atoms with E-state index in [0.29, 0.717) is 40.5 Å². The second kappa shape index (κ2) is 11.0. The topological polar surface area (TPSA) is 92.7 Å². The van der Waals surface area contributed by atoms with Crippen LogP contribution in [0, 0.1) is 0 Å². The number of hydrogen-bond donors (Lipinski definition) is 2. The summed E-state index contributed by atoms with van der Waals surface area (Å²) in [4.78, 5) is 39.4. The molecule has 2 N–H and O–H groups in total. The number of para-hydroxylation sites is 2. The van der Waals surface area contributed by atoms with Crippen molar-refractivity contribution in [3.05, 3.63) is 136 Å². The van der Waals surface area contributed by atoms with E-state index < -0.39 is 0 Å². The maximum absolute atomic E-state index is 13.7. The Bertz CT molecular complexity index is 1800. The number of hydrogen-bond acceptors (Lipinski definition) is 5. The van der Waals surface area contributed by atoms with Crippen molar-refractivity contribution in [3.8, 4) is 0 Å². The van der Waals surface area contributed by atoms with E-state index in [-0.39, 0.29) is 11.5 Å². The first-order valence-electron chi connectivity index (χ1n) is 12.6. The smallest absolute Gasteiger partial charge is 0.262 e. The van der Waals surface area contributed by atoms with Crippen LogP contribution in [0.5, 0.6) is 0 Å². The highest BCUT2D eigenvalue weighted by Crippen LogP contribution is 2.24. The minimum atomic E-state index is -0.215. The van der Waals surface area contributed by atoms with Crippen LogP contribution in [0.15, 0.2) is 113 Å². The second-order valence-corrected chi connectivity index (χ2v) is 10.1.